The quantitative estimate of drug-likeness (QED) is 0.722. The van der Waals surface area contributed by atoms with Crippen molar-refractivity contribution in [2.75, 3.05) is 5.32 Å². The van der Waals surface area contributed by atoms with Gasteiger partial charge in [0, 0.05) is 28.2 Å². The second-order valence-electron chi connectivity index (χ2n) is 6.41. The Morgan fingerprint density at radius 2 is 1.88 bits per heavy atom. The first-order valence-electron chi connectivity index (χ1n) is 8.46. The highest BCUT2D eigenvalue weighted by atomic mass is 32.1. The van der Waals surface area contributed by atoms with Gasteiger partial charge in [-0.1, -0.05) is 29.0 Å². The van der Waals surface area contributed by atoms with E-state index in [4.69, 9.17) is 0 Å². The Morgan fingerprint density at radius 3 is 2.50 bits per heavy atom. The predicted octanol–water partition coefficient (Wildman–Crippen LogP) is 3.43. The molecule has 1 amide bonds. The van der Waals surface area contributed by atoms with Crippen molar-refractivity contribution in [2.45, 2.75) is 40.5 Å². The molecule has 0 saturated carbocycles. The molecule has 0 unspecified atom stereocenters. The first-order valence-corrected chi connectivity index (χ1v) is 9.28. The molecular weight excluding hydrogens is 348 g/mol. The number of rotatable bonds is 5. The van der Waals surface area contributed by atoms with Crippen molar-refractivity contribution in [1.82, 2.24) is 14.8 Å². The first kappa shape index (κ1) is 18.1. The molecule has 0 fully saturated rings. The maximum atomic E-state index is 12.7. The highest BCUT2D eigenvalue weighted by Crippen LogP contribution is 2.19. The highest BCUT2D eigenvalue weighted by molar-refractivity contribution is 7.14. The molecule has 0 bridgehead atoms. The van der Waals surface area contributed by atoms with Crippen LogP contribution in [0.25, 0.3) is 5.13 Å². The van der Waals surface area contributed by atoms with Crippen LogP contribution in [-0.4, -0.2) is 20.7 Å². The molecule has 2 heterocycles. The van der Waals surface area contributed by atoms with E-state index in [1.54, 1.807) is 0 Å². The average Bonchev–Trinajstić information content (AvgIpc) is 3.07. The second-order valence-corrected chi connectivity index (χ2v) is 7.59. The van der Waals surface area contributed by atoms with E-state index in [2.05, 4.69) is 15.4 Å². The number of carbonyl (C=O) groups excluding carboxylic acids is 1. The van der Waals surface area contributed by atoms with Crippen LogP contribution in [-0.2, 0) is 11.2 Å². The molecule has 2 aromatic heterocycles. The van der Waals surface area contributed by atoms with Crippen molar-refractivity contribution in [1.29, 1.82) is 0 Å². The molecule has 3 aromatic rings. The van der Waals surface area contributed by atoms with E-state index in [0.717, 1.165) is 27.5 Å². The fourth-order valence-corrected chi connectivity index (χ4v) is 3.53. The number of amides is 1. The van der Waals surface area contributed by atoms with E-state index >= 15 is 0 Å². The lowest BCUT2D eigenvalue weighted by atomic mass is 10.1. The van der Waals surface area contributed by atoms with Gasteiger partial charge in [-0.15, -0.1) is 0 Å². The molecule has 0 aliphatic rings. The Kier molecular flexibility index (Phi) is 5.08. The van der Waals surface area contributed by atoms with Gasteiger partial charge in [0.1, 0.15) is 0 Å². The maximum Gasteiger partial charge on any atom is 0.276 e. The molecule has 0 atom stereocenters. The first-order chi connectivity index (χ1) is 12.3. The molecule has 136 valence electrons. The van der Waals surface area contributed by atoms with Gasteiger partial charge >= 0.3 is 0 Å². The third-order valence-electron chi connectivity index (χ3n) is 4.34. The number of aryl methyl sites for hydroxylation is 4. The smallest absolute Gasteiger partial charge is 0.276 e. The Hall–Kier alpha value is -2.67. The summed E-state index contributed by atoms with van der Waals surface area (Å²) in [5.74, 6) is -0.110. The lowest BCUT2D eigenvalue weighted by Crippen LogP contribution is -2.19. The number of benzene rings is 1. The SMILES string of the molecule is Cc1ccc(NC(=O)CCc2c(C)[nH]n(-c3nc(C)c(C)s3)c2=O)cc1. The standard InChI is InChI=1S/C19H22N4O2S/c1-11-5-7-15(8-6-11)21-17(24)10-9-16-13(3)22-23(18(16)25)19-20-12(2)14(4)26-19/h5-8,22H,9-10H2,1-4H3,(H,21,24). The van der Waals surface area contributed by atoms with Crippen molar-refractivity contribution >= 4 is 22.9 Å². The molecule has 26 heavy (non-hydrogen) atoms. The second kappa shape index (κ2) is 7.29. The minimum Gasteiger partial charge on any atom is -0.326 e. The zero-order valence-electron chi connectivity index (χ0n) is 15.3. The van der Waals surface area contributed by atoms with Crippen LogP contribution in [0.5, 0.6) is 0 Å². The minimum absolute atomic E-state index is 0.110. The number of H-pyrrole nitrogens is 1. The van der Waals surface area contributed by atoms with Gasteiger partial charge in [0.2, 0.25) is 11.0 Å². The van der Waals surface area contributed by atoms with Crippen LogP contribution >= 0.6 is 11.3 Å². The Labute approximate surface area is 155 Å². The summed E-state index contributed by atoms with van der Waals surface area (Å²) in [7, 11) is 0. The maximum absolute atomic E-state index is 12.7. The Morgan fingerprint density at radius 1 is 1.19 bits per heavy atom. The summed E-state index contributed by atoms with van der Waals surface area (Å²) in [6.07, 6.45) is 0.632. The lowest BCUT2D eigenvalue weighted by Gasteiger charge is -2.05. The van der Waals surface area contributed by atoms with Crippen LogP contribution in [0, 0.1) is 27.7 Å². The zero-order chi connectivity index (χ0) is 18.8. The third kappa shape index (κ3) is 3.77. The summed E-state index contributed by atoms with van der Waals surface area (Å²) in [6.45, 7) is 7.75. The fraction of sp³-hybridized carbons (Fsp3) is 0.316. The normalized spacial score (nSPS) is 10.9. The molecule has 3 rings (SSSR count). The molecular formula is C19H22N4O2S. The summed E-state index contributed by atoms with van der Waals surface area (Å²) in [6, 6.07) is 7.63. The molecule has 0 radical (unpaired) electrons. The van der Waals surface area contributed by atoms with Crippen LogP contribution in [0.15, 0.2) is 29.1 Å². The van der Waals surface area contributed by atoms with Crippen molar-refractivity contribution < 1.29 is 4.79 Å². The number of hydrogen-bond donors (Lipinski definition) is 2. The third-order valence-corrected chi connectivity index (χ3v) is 5.40. The van der Waals surface area contributed by atoms with E-state index in [9.17, 15) is 9.59 Å². The number of aromatic nitrogens is 3. The Balaban J connectivity index is 1.71. The number of aromatic amines is 1. The van der Waals surface area contributed by atoms with E-state index in [1.165, 1.54) is 16.0 Å². The molecule has 7 heteroatoms. The summed E-state index contributed by atoms with van der Waals surface area (Å²) in [5, 5.41) is 6.56. The molecule has 0 saturated heterocycles. The van der Waals surface area contributed by atoms with E-state index in [-0.39, 0.29) is 17.9 Å². The molecule has 0 aliphatic carbocycles. The monoisotopic (exact) mass is 370 g/mol. The van der Waals surface area contributed by atoms with Crippen LogP contribution < -0.4 is 10.9 Å². The topological polar surface area (TPSA) is 79.8 Å². The van der Waals surface area contributed by atoms with E-state index in [1.807, 2.05) is 52.0 Å². The van der Waals surface area contributed by atoms with Gasteiger partial charge in [-0.05, 0) is 46.2 Å². The van der Waals surface area contributed by atoms with Crippen molar-refractivity contribution in [3.63, 3.8) is 0 Å². The van der Waals surface area contributed by atoms with Gasteiger partial charge in [-0.25, -0.2) is 4.98 Å². The molecule has 2 N–H and O–H groups in total. The van der Waals surface area contributed by atoms with Gasteiger partial charge < -0.3 is 5.32 Å². The molecule has 6 nitrogen and oxygen atoms in total. The lowest BCUT2D eigenvalue weighted by molar-refractivity contribution is -0.116. The van der Waals surface area contributed by atoms with Crippen LogP contribution in [0.1, 0.15) is 33.8 Å². The van der Waals surface area contributed by atoms with Gasteiger partial charge in [-0.2, -0.15) is 4.68 Å². The van der Waals surface area contributed by atoms with Gasteiger partial charge in [0.05, 0.1) is 5.69 Å². The van der Waals surface area contributed by atoms with Crippen molar-refractivity contribution in [3.8, 4) is 5.13 Å². The number of hydrogen-bond acceptors (Lipinski definition) is 4. The number of carbonyl (C=O) groups is 1. The van der Waals surface area contributed by atoms with Gasteiger partial charge in [0.15, 0.2) is 0 Å². The van der Waals surface area contributed by atoms with Crippen LogP contribution in [0.4, 0.5) is 5.69 Å². The van der Waals surface area contributed by atoms with Crippen molar-refractivity contribution in [3.05, 3.63) is 62.0 Å². The van der Waals surface area contributed by atoms with E-state index < -0.39 is 0 Å². The van der Waals surface area contributed by atoms with Crippen LogP contribution in [0.3, 0.4) is 0 Å². The summed E-state index contributed by atoms with van der Waals surface area (Å²) in [4.78, 5) is 30.4. The van der Waals surface area contributed by atoms with Gasteiger partial charge in [0.25, 0.3) is 5.56 Å². The summed E-state index contributed by atoms with van der Waals surface area (Å²) < 4.78 is 1.47. The van der Waals surface area contributed by atoms with Gasteiger partial charge in [-0.3, -0.25) is 14.7 Å². The predicted molar refractivity (Wildman–Crippen MR) is 104 cm³/mol. The van der Waals surface area contributed by atoms with E-state index in [0.29, 0.717) is 17.1 Å². The fourth-order valence-electron chi connectivity index (χ4n) is 2.66. The number of nitrogens with zero attached hydrogens (tertiary/aromatic N) is 2. The van der Waals surface area contributed by atoms with Crippen molar-refractivity contribution in [2.24, 2.45) is 0 Å². The summed E-state index contributed by atoms with van der Waals surface area (Å²) >= 11 is 1.47. The minimum atomic E-state index is -0.139. The number of nitrogens with one attached hydrogen (secondary N) is 2. The highest BCUT2D eigenvalue weighted by Gasteiger charge is 2.16. The number of thiazole rings is 1. The largest absolute Gasteiger partial charge is 0.326 e. The summed E-state index contributed by atoms with van der Waals surface area (Å²) in [5.41, 5.74) is 4.07. The van der Waals surface area contributed by atoms with Crippen LogP contribution in [0.2, 0.25) is 0 Å². The molecule has 1 aromatic carbocycles. The molecule has 0 aliphatic heterocycles. The zero-order valence-corrected chi connectivity index (χ0v) is 16.2. The number of anilines is 1. The Bertz CT molecular complexity index is 976. The molecule has 0 spiro atoms. The average molecular weight is 370 g/mol.